The molecule has 2 aromatic carbocycles. The van der Waals surface area contributed by atoms with Crippen LogP contribution in [0.25, 0.3) is 0 Å². The van der Waals surface area contributed by atoms with E-state index in [1.165, 1.54) is 38.9 Å². The predicted octanol–water partition coefficient (Wildman–Crippen LogP) is 4.44. The molecule has 1 spiro atoms. The fourth-order valence-corrected chi connectivity index (χ4v) is 10.9. The monoisotopic (exact) mass is 441 g/mol. The van der Waals surface area contributed by atoms with E-state index in [1.54, 1.807) is 4.90 Å². The molecule has 2 heterocycles. The number of hydrogen-bond donors (Lipinski definition) is 1. The van der Waals surface area contributed by atoms with E-state index in [2.05, 4.69) is 20.8 Å². The zero-order valence-corrected chi connectivity index (χ0v) is 19.9. The first kappa shape index (κ1) is 20.7. The van der Waals surface area contributed by atoms with Crippen LogP contribution >= 0.6 is 0 Å². The second kappa shape index (κ2) is 7.75. The number of nitrogens with one attached hydrogen (secondary N) is 1. The van der Waals surface area contributed by atoms with Gasteiger partial charge in [0, 0.05) is 0 Å². The summed E-state index contributed by atoms with van der Waals surface area (Å²) in [7, 11) is -4.07. The summed E-state index contributed by atoms with van der Waals surface area (Å²) in [6, 6.07) is 15.7. The molecular formula is C25H35NO4Si. The van der Waals surface area contributed by atoms with Crippen molar-refractivity contribution in [2.45, 2.75) is 52.0 Å². The first-order valence-corrected chi connectivity index (χ1v) is 14.3. The van der Waals surface area contributed by atoms with Gasteiger partial charge >= 0.3 is 141 Å². The van der Waals surface area contributed by atoms with Crippen molar-refractivity contribution in [2.75, 3.05) is 19.6 Å². The van der Waals surface area contributed by atoms with E-state index in [1.807, 2.05) is 48.5 Å². The molecule has 2 aliphatic carbocycles. The zero-order valence-electron chi connectivity index (χ0n) is 18.9. The van der Waals surface area contributed by atoms with Crippen molar-refractivity contribution in [1.82, 2.24) is 0 Å². The molecule has 6 heteroatoms. The van der Waals surface area contributed by atoms with Gasteiger partial charge in [0.15, 0.2) is 0 Å². The second-order valence-corrected chi connectivity index (χ2v) is 12.9. The number of benzene rings is 2. The van der Waals surface area contributed by atoms with E-state index >= 15 is 0 Å². The van der Waals surface area contributed by atoms with Crippen LogP contribution in [0.1, 0.15) is 46.5 Å². The third kappa shape index (κ3) is 3.31. The molecule has 2 aromatic rings. The third-order valence-electron chi connectivity index (χ3n) is 7.72. The Labute approximate surface area is 186 Å². The van der Waals surface area contributed by atoms with Crippen LogP contribution in [0, 0.1) is 11.8 Å². The average molecular weight is 442 g/mol. The van der Waals surface area contributed by atoms with Gasteiger partial charge in [-0.1, -0.05) is 0 Å². The molecule has 31 heavy (non-hydrogen) atoms. The first-order valence-electron chi connectivity index (χ1n) is 12.0. The SMILES string of the molecule is CC[NH+](CC)CC.c1ccc2c(c1)O[Si-]1(C3CC4CCC3C4)(O2)Oc2ccccc2O1. The van der Waals surface area contributed by atoms with Crippen molar-refractivity contribution in [3.8, 4) is 23.0 Å². The normalized spacial score (nSPS) is 28.8. The predicted molar refractivity (Wildman–Crippen MR) is 123 cm³/mol. The Morgan fingerprint density at radius 1 is 0.710 bits per heavy atom. The van der Waals surface area contributed by atoms with Crippen LogP contribution in [-0.2, 0) is 0 Å². The van der Waals surface area contributed by atoms with Gasteiger partial charge in [-0.05, 0) is 20.8 Å². The van der Waals surface area contributed by atoms with Gasteiger partial charge in [-0.3, -0.25) is 0 Å². The topological polar surface area (TPSA) is 41.4 Å². The van der Waals surface area contributed by atoms with Gasteiger partial charge in [0.05, 0.1) is 19.6 Å². The van der Waals surface area contributed by atoms with E-state index in [0.29, 0.717) is 5.92 Å². The van der Waals surface area contributed by atoms with E-state index < -0.39 is 8.33 Å². The van der Waals surface area contributed by atoms with Crippen molar-refractivity contribution in [3.63, 3.8) is 0 Å². The number of rotatable bonds is 4. The molecule has 2 saturated carbocycles. The quantitative estimate of drug-likeness (QED) is 0.712. The molecular weight excluding hydrogens is 406 g/mol. The van der Waals surface area contributed by atoms with E-state index in [-0.39, 0.29) is 5.54 Å². The van der Waals surface area contributed by atoms with Crippen molar-refractivity contribution >= 4 is 8.33 Å². The standard InChI is InChI=1S/C19H19O4Si.C6H15N/c1-2-6-16-15(5-1)20-24(21-16,19-12-13-9-10-14(19)11-13)22-17-7-3-4-8-18(17)23-24;1-4-7(5-2)6-3/h1-8,13-14,19H,9-12H2;4-6H2,1-3H3/q-1;/p+1. The van der Waals surface area contributed by atoms with Gasteiger partial charge in [-0.25, -0.2) is 0 Å². The van der Waals surface area contributed by atoms with Crippen LogP contribution in [0.5, 0.6) is 23.0 Å². The molecule has 1 N–H and O–H groups in total. The van der Waals surface area contributed by atoms with Crippen LogP contribution in [0.4, 0.5) is 0 Å². The van der Waals surface area contributed by atoms with Crippen LogP contribution < -0.4 is 22.6 Å². The van der Waals surface area contributed by atoms with Crippen LogP contribution in [0.15, 0.2) is 48.5 Å². The Morgan fingerprint density at radius 2 is 1.16 bits per heavy atom. The zero-order chi connectivity index (χ0) is 21.5. The van der Waals surface area contributed by atoms with Gasteiger partial charge in [-0.15, -0.1) is 0 Å². The van der Waals surface area contributed by atoms with E-state index in [0.717, 1.165) is 35.3 Å². The summed E-state index contributed by atoms with van der Waals surface area (Å²) in [5, 5.41) is 0. The molecule has 3 atom stereocenters. The summed E-state index contributed by atoms with van der Waals surface area (Å²) in [6.07, 6.45) is 4.88. The van der Waals surface area contributed by atoms with Crippen LogP contribution in [0.3, 0.4) is 0 Å². The molecule has 0 aromatic heterocycles. The van der Waals surface area contributed by atoms with Crippen molar-refractivity contribution in [3.05, 3.63) is 48.5 Å². The summed E-state index contributed by atoms with van der Waals surface area (Å²) >= 11 is 0. The molecule has 0 saturated heterocycles. The Bertz CT molecular complexity index is 828. The Balaban J connectivity index is 0.000000256. The number of fused-ring (bicyclic) bond motifs is 4. The Morgan fingerprint density at radius 3 is 1.45 bits per heavy atom. The summed E-state index contributed by atoms with van der Waals surface area (Å²) in [5.74, 6) is 4.34. The van der Waals surface area contributed by atoms with Crippen molar-refractivity contribution in [2.24, 2.45) is 11.8 Å². The maximum atomic E-state index is 6.55. The molecule has 2 fully saturated rings. The second-order valence-electron chi connectivity index (χ2n) is 9.37. The molecule has 2 aliphatic heterocycles. The average Bonchev–Trinajstić information content (AvgIpc) is 3.56. The number of hydrogen-bond acceptors (Lipinski definition) is 4. The summed E-state index contributed by atoms with van der Waals surface area (Å²) in [6.45, 7) is 10.5. The van der Waals surface area contributed by atoms with Crippen LogP contribution in [0.2, 0.25) is 5.54 Å². The van der Waals surface area contributed by atoms with Gasteiger partial charge in [0.1, 0.15) is 0 Å². The third-order valence-corrected chi connectivity index (χ3v) is 12.0. The molecule has 4 aliphatic rings. The minimum atomic E-state index is -4.07. The van der Waals surface area contributed by atoms with Gasteiger partial charge < -0.3 is 4.90 Å². The Kier molecular flexibility index (Phi) is 5.17. The molecule has 5 nitrogen and oxygen atoms in total. The fourth-order valence-electron chi connectivity index (χ4n) is 6.03. The van der Waals surface area contributed by atoms with Gasteiger partial charge in [-0.2, -0.15) is 0 Å². The van der Waals surface area contributed by atoms with Crippen molar-refractivity contribution in [1.29, 1.82) is 0 Å². The van der Waals surface area contributed by atoms with Gasteiger partial charge in [0.2, 0.25) is 0 Å². The molecule has 0 amide bonds. The molecule has 2 bridgehead atoms. The summed E-state index contributed by atoms with van der Waals surface area (Å²) in [4.78, 5) is 1.68. The molecule has 6 rings (SSSR count). The van der Waals surface area contributed by atoms with E-state index in [9.17, 15) is 0 Å². The molecule has 168 valence electrons. The molecule has 0 radical (unpaired) electrons. The number of para-hydroxylation sites is 4. The van der Waals surface area contributed by atoms with Crippen molar-refractivity contribution < 1.29 is 22.6 Å². The maximum absolute atomic E-state index is 6.55. The first-order chi connectivity index (χ1) is 15.1. The fraction of sp³-hybridized carbons (Fsp3) is 0.520. The molecule has 3 unspecified atom stereocenters. The van der Waals surface area contributed by atoms with E-state index in [4.69, 9.17) is 17.7 Å². The summed E-state index contributed by atoms with van der Waals surface area (Å²) < 4.78 is 26.2. The van der Waals surface area contributed by atoms with Gasteiger partial charge in [0.25, 0.3) is 0 Å². The summed E-state index contributed by atoms with van der Waals surface area (Å²) in [5.41, 5.74) is 0.212. The number of quaternary nitrogens is 1. The Hall–Kier alpha value is -2.18. The minimum absolute atomic E-state index is 0.212. The van der Waals surface area contributed by atoms with Crippen LogP contribution in [-0.4, -0.2) is 28.0 Å².